The van der Waals surface area contributed by atoms with Gasteiger partial charge in [0, 0.05) is 31.4 Å². The highest BCUT2D eigenvalue weighted by Crippen LogP contribution is 2.28. The highest BCUT2D eigenvalue weighted by molar-refractivity contribution is 6.01. The van der Waals surface area contributed by atoms with Gasteiger partial charge >= 0.3 is 0 Å². The van der Waals surface area contributed by atoms with E-state index in [1.54, 1.807) is 11.0 Å². The van der Waals surface area contributed by atoms with Crippen LogP contribution in [0, 0.1) is 0 Å². The summed E-state index contributed by atoms with van der Waals surface area (Å²) >= 11 is 0. The standard InChI is InChI=1S/C16H17NO3/c18-12-5-3-7-15(19)14(9-8-12)17-10-11-4-1-2-6-13(11)16(17)20/h1-2,4,6,14H,3,5,7-10H2. The van der Waals surface area contributed by atoms with Crippen molar-refractivity contribution in [3.05, 3.63) is 35.4 Å². The number of nitrogens with zero attached hydrogens (tertiary/aromatic N) is 1. The molecule has 2 aliphatic rings. The van der Waals surface area contributed by atoms with Gasteiger partial charge in [-0.3, -0.25) is 14.4 Å². The van der Waals surface area contributed by atoms with Gasteiger partial charge in [0.1, 0.15) is 5.78 Å². The number of hydrogen-bond donors (Lipinski definition) is 0. The molecule has 4 heteroatoms. The van der Waals surface area contributed by atoms with Crippen LogP contribution in [-0.2, 0) is 16.1 Å². The summed E-state index contributed by atoms with van der Waals surface area (Å²) in [5.41, 5.74) is 1.66. The zero-order valence-electron chi connectivity index (χ0n) is 11.3. The first-order valence-electron chi connectivity index (χ1n) is 7.10. The Balaban J connectivity index is 1.83. The van der Waals surface area contributed by atoms with E-state index in [-0.39, 0.29) is 17.5 Å². The van der Waals surface area contributed by atoms with Gasteiger partial charge in [0.25, 0.3) is 5.91 Å². The maximum Gasteiger partial charge on any atom is 0.255 e. The van der Waals surface area contributed by atoms with E-state index in [1.165, 1.54) is 0 Å². The molecule has 0 N–H and O–H groups in total. The van der Waals surface area contributed by atoms with E-state index in [4.69, 9.17) is 0 Å². The molecule has 1 atom stereocenters. The lowest BCUT2D eigenvalue weighted by Gasteiger charge is -2.27. The number of hydrogen-bond acceptors (Lipinski definition) is 3. The summed E-state index contributed by atoms with van der Waals surface area (Å²) in [5.74, 6) is 0.220. The monoisotopic (exact) mass is 271 g/mol. The van der Waals surface area contributed by atoms with Crippen molar-refractivity contribution in [2.45, 2.75) is 44.7 Å². The quantitative estimate of drug-likeness (QED) is 0.786. The van der Waals surface area contributed by atoms with Crippen molar-refractivity contribution >= 4 is 17.5 Å². The molecule has 1 fully saturated rings. The molecule has 0 aromatic heterocycles. The Labute approximate surface area is 117 Å². The molecular formula is C16H17NO3. The van der Waals surface area contributed by atoms with Crippen LogP contribution in [0.25, 0.3) is 0 Å². The van der Waals surface area contributed by atoms with Crippen LogP contribution in [0.3, 0.4) is 0 Å². The van der Waals surface area contributed by atoms with Crippen molar-refractivity contribution in [3.63, 3.8) is 0 Å². The molecule has 3 rings (SSSR count). The van der Waals surface area contributed by atoms with Crippen LogP contribution in [0.15, 0.2) is 24.3 Å². The first kappa shape index (κ1) is 13.0. The Hall–Kier alpha value is -1.97. The van der Waals surface area contributed by atoms with Crippen molar-refractivity contribution < 1.29 is 14.4 Å². The largest absolute Gasteiger partial charge is 0.324 e. The number of carbonyl (C=O) groups is 3. The van der Waals surface area contributed by atoms with E-state index in [0.29, 0.717) is 44.2 Å². The summed E-state index contributed by atoms with van der Waals surface area (Å²) < 4.78 is 0. The zero-order chi connectivity index (χ0) is 14.1. The molecule has 1 amide bonds. The third-order valence-corrected chi connectivity index (χ3v) is 4.17. The predicted octanol–water partition coefficient (Wildman–Crippen LogP) is 2.11. The molecule has 20 heavy (non-hydrogen) atoms. The molecule has 1 saturated carbocycles. The predicted molar refractivity (Wildman–Crippen MR) is 73.2 cm³/mol. The lowest BCUT2D eigenvalue weighted by molar-refractivity contribution is -0.126. The second-order valence-corrected chi connectivity index (χ2v) is 5.50. The molecular weight excluding hydrogens is 254 g/mol. The van der Waals surface area contributed by atoms with E-state index in [1.807, 2.05) is 18.2 Å². The molecule has 1 aliphatic carbocycles. The molecule has 1 heterocycles. The maximum atomic E-state index is 12.4. The van der Waals surface area contributed by atoms with E-state index >= 15 is 0 Å². The van der Waals surface area contributed by atoms with Crippen LogP contribution < -0.4 is 0 Å². The summed E-state index contributed by atoms with van der Waals surface area (Å²) in [6.07, 6.45) is 2.38. The first-order chi connectivity index (χ1) is 9.66. The Morgan fingerprint density at radius 2 is 1.80 bits per heavy atom. The molecule has 1 aliphatic heterocycles. The van der Waals surface area contributed by atoms with Gasteiger partial charge in [0.2, 0.25) is 0 Å². The second kappa shape index (κ2) is 5.19. The molecule has 1 aromatic carbocycles. The lowest BCUT2D eigenvalue weighted by Crippen LogP contribution is -2.42. The fourth-order valence-electron chi connectivity index (χ4n) is 3.07. The Bertz CT molecular complexity index is 579. The summed E-state index contributed by atoms with van der Waals surface area (Å²) in [6.45, 7) is 0.486. The number of Topliss-reactive ketones (excluding diaryl/α,β-unsaturated/α-hetero) is 2. The van der Waals surface area contributed by atoms with Crippen molar-refractivity contribution in [3.8, 4) is 0 Å². The Morgan fingerprint density at radius 1 is 1.00 bits per heavy atom. The van der Waals surface area contributed by atoms with Gasteiger partial charge in [0.05, 0.1) is 6.04 Å². The average Bonchev–Trinajstić information content (AvgIpc) is 2.75. The van der Waals surface area contributed by atoms with E-state index < -0.39 is 6.04 Å². The summed E-state index contributed by atoms with van der Waals surface area (Å²) in [6, 6.07) is 7.03. The summed E-state index contributed by atoms with van der Waals surface area (Å²) in [5, 5.41) is 0. The zero-order valence-corrected chi connectivity index (χ0v) is 11.3. The fourth-order valence-corrected chi connectivity index (χ4v) is 3.07. The molecule has 0 radical (unpaired) electrons. The summed E-state index contributed by atoms with van der Waals surface area (Å²) in [7, 11) is 0. The van der Waals surface area contributed by atoms with Gasteiger partial charge < -0.3 is 4.90 Å². The number of amides is 1. The van der Waals surface area contributed by atoms with Crippen LogP contribution in [0.4, 0.5) is 0 Å². The smallest absolute Gasteiger partial charge is 0.255 e. The number of fused-ring (bicyclic) bond motifs is 1. The highest BCUT2D eigenvalue weighted by atomic mass is 16.2. The van der Waals surface area contributed by atoms with Crippen molar-refractivity contribution in [1.29, 1.82) is 0 Å². The maximum absolute atomic E-state index is 12.4. The van der Waals surface area contributed by atoms with E-state index in [9.17, 15) is 14.4 Å². The minimum absolute atomic E-state index is 0.0769. The van der Waals surface area contributed by atoms with Crippen LogP contribution in [0.1, 0.15) is 48.0 Å². The van der Waals surface area contributed by atoms with Crippen LogP contribution >= 0.6 is 0 Å². The van der Waals surface area contributed by atoms with Crippen molar-refractivity contribution in [2.24, 2.45) is 0 Å². The van der Waals surface area contributed by atoms with Gasteiger partial charge in [-0.1, -0.05) is 18.2 Å². The SMILES string of the molecule is O=C1CCCC(=O)C(N2Cc3ccccc3C2=O)CC1. The van der Waals surface area contributed by atoms with Gasteiger partial charge in [-0.2, -0.15) is 0 Å². The molecule has 0 spiro atoms. The van der Waals surface area contributed by atoms with E-state index in [2.05, 4.69) is 0 Å². The first-order valence-corrected chi connectivity index (χ1v) is 7.10. The van der Waals surface area contributed by atoms with Crippen LogP contribution in [-0.4, -0.2) is 28.4 Å². The second-order valence-electron chi connectivity index (χ2n) is 5.50. The van der Waals surface area contributed by atoms with E-state index in [0.717, 1.165) is 5.56 Å². The third kappa shape index (κ3) is 2.26. The number of benzene rings is 1. The molecule has 0 saturated heterocycles. The van der Waals surface area contributed by atoms with Gasteiger partial charge in [-0.15, -0.1) is 0 Å². The number of rotatable bonds is 1. The minimum Gasteiger partial charge on any atom is -0.324 e. The fraction of sp³-hybridized carbons (Fsp3) is 0.438. The minimum atomic E-state index is -0.431. The number of ketones is 2. The van der Waals surface area contributed by atoms with Crippen molar-refractivity contribution in [1.82, 2.24) is 4.90 Å². The normalized spacial score (nSPS) is 23.5. The molecule has 104 valence electrons. The van der Waals surface area contributed by atoms with Crippen molar-refractivity contribution in [2.75, 3.05) is 0 Å². The molecule has 0 bridgehead atoms. The van der Waals surface area contributed by atoms with Crippen LogP contribution in [0.5, 0.6) is 0 Å². The highest BCUT2D eigenvalue weighted by Gasteiger charge is 2.36. The lowest BCUT2D eigenvalue weighted by atomic mass is 9.94. The topological polar surface area (TPSA) is 54.5 Å². The van der Waals surface area contributed by atoms with Gasteiger partial charge in [-0.25, -0.2) is 0 Å². The summed E-state index contributed by atoms with van der Waals surface area (Å²) in [4.78, 5) is 37.9. The van der Waals surface area contributed by atoms with Gasteiger partial charge in [0.15, 0.2) is 5.78 Å². The molecule has 1 aromatic rings. The Morgan fingerprint density at radius 3 is 2.60 bits per heavy atom. The Kier molecular flexibility index (Phi) is 3.38. The molecule has 4 nitrogen and oxygen atoms in total. The third-order valence-electron chi connectivity index (χ3n) is 4.17. The average molecular weight is 271 g/mol. The van der Waals surface area contributed by atoms with Crippen LogP contribution in [0.2, 0.25) is 0 Å². The molecule has 1 unspecified atom stereocenters. The van der Waals surface area contributed by atoms with Gasteiger partial charge in [-0.05, 0) is 24.5 Å². The number of carbonyl (C=O) groups excluding carboxylic acids is 3.